The Labute approximate surface area is 215 Å². The summed E-state index contributed by atoms with van der Waals surface area (Å²) in [5, 5.41) is 16.0. The van der Waals surface area contributed by atoms with Crippen molar-refractivity contribution in [3.8, 4) is 17.3 Å². The van der Waals surface area contributed by atoms with E-state index < -0.39 is 5.43 Å². The average molecular weight is 504 g/mol. The molecule has 9 nitrogen and oxygen atoms in total. The molecule has 6 rings (SSSR count). The summed E-state index contributed by atoms with van der Waals surface area (Å²) in [4.78, 5) is 26.3. The molecule has 2 heterocycles. The molecule has 0 amide bonds. The summed E-state index contributed by atoms with van der Waals surface area (Å²) in [5.74, 6) is 0.310. The first-order valence-electron chi connectivity index (χ1n) is 11.9. The summed E-state index contributed by atoms with van der Waals surface area (Å²) in [6.45, 7) is 0.500. The highest BCUT2D eigenvalue weighted by molar-refractivity contribution is 6.15. The van der Waals surface area contributed by atoms with Crippen molar-refractivity contribution in [2.75, 3.05) is 12.3 Å². The standard InChI is InChI=1S/C29H21N5O4/c30-24-26(36)23-7-3-6-22(27(23)38-28(24)29-31-33-34-32-29)25(35)19-10-12-21(13-11-19)37-15-14-17-8-9-18-4-1-2-5-20(18)16-17/h1-13,16H,14-15,30H2,(H,31,32,33,34). The van der Waals surface area contributed by atoms with Crippen LogP contribution in [0.5, 0.6) is 5.75 Å². The predicted octanol–water partition coefficient (Wildman–Crippen LogP) is 4.56. The third-order valence-electron chi connectivity index (χ3n) is 6.34. The monoisotopic (exact) mass is 503 g/mol. The molecule has 186 valence electrons. The quantitative estimate of drug-likeness (QED) is 0.303. The van der Waals surface area contributed by atoms with Gasteiger partial charge in [-0.2, -0.15) is 5.21 Å². The number of carbonyl (C=O) groups is 1. The first kappa shape index (κ1) is 23.1. The van der Waals surface area contributed by atoms with Gasteiger partial charge in [0.1, 0.15) is 17.0 Å². The van der Waals surface area contributed by atoms with E-state index in [9.17, 15) is 9.59 Å². The number of fused-ring (bicyclic) bond motifs is 2. The summed E-state index contributed by atoms with van der Waals surface area (Å²) < 4.78 is 11.8. The smallest absolute Gasteiger partial charge is 0.242 e. The summed E-state index contributed by atoms with van der Waals surface area (Å²) in [6.07, 6.45) is 0.756. The molecule has 0 saturated heterocycles. The lowest BCUT2D eigenvalue weighted by Crippen LogP contribution is -2.12. The van der Waals surface area contributed by atoms with E-state index in [4.69, 9.17) is 14.9 Å². The van der Waals surface area contributed by atoms with Crippen LogP contribution in [-0.2, 0) is 6.42 Å². The van der Waals surface area contributed by atoms with Gasteiger partial charge in [0.2, 0.25) is 17.0 Å². The van der Waals surface area contributed by atoms with Gasteiger partial charge in [0.05, 0.1) is 17.6 Å². The number of carbonyl (C=O) groups excluding carboxylic acids is 1. The second kappa shape index (κ2) is 9.62. The van der Waals surface area contributed by atoms with Gasteiger partial charge in [-0.05, 0) is 57.9 Å². The van der Waals surface area contributed by atoms with Crippen molar-refractivity contribution in [1.82, 2.24) is 20.6 Å². The molecule has 2 aromatic heterocycles. The molecular weight excluding hydrogens is 482 g/mol. The van der Waals surface area contributed by atoms with Crippen molar-refractivity contribution in [3.05, 3.63) is 112 Å². The summed E-state index contributed by atoms with van der Waals surface area (Å²) in [6, 6.07) is 26.2. The summed E-state index contributed by atoms with van der Waals surface area (Å²) in [5.41, 5.74) is 7.26. The number of nitrogens with two attached hydrogens (primary N) is 1. The zero-order valence-corrected chi connectivity index (χ0v) is 20.0. The number of ketones is 1. The predicted molar refractivity (Wildman–Crippen MR) is 143 cm³/mol. The number of benzene rings is 4. The number of nitrogens with one attached hydrogen (secondary N) is 1. The topological polar surface area (TPSA) is 137 Å². The van der Waals surface area contributed by atoms with Gasteiger partial charge in [-0.3, -0.25) is 9.59 Å². The molecule has 4 aromatic carbocycles. The van der Waals surface area contributed by atoms with Gasteiger partial charge in [-0.25, -0.2) is 0 Å². The van der Waals surface area contributed by atoms with Crippen molar-refractivity contribution in [2.45, 2.75) is 6.42 Å². The maximum absolute atomic E-state index is 13.4. The van der Waals surface area contributed by atoms with Gasteiger partial charge >= 0.3 is 0 Å². The van der Waals surface area contributed by atoms with Gasteiger partial charge in [-0.1, -0.05) is 48.5 Å². The van der Waals surface area contributed by atoms with E-state index in [0.717, 1.165) is 6.42 Å². The third kappa shape index (κ3) is 4.26. The van der Waals surface area contributed by atoms with E-state index in [1.165, 1.54) is 16.3 Å². The Morgan fingerprint density at radius 2 is 1.76 bits per heavy atom. The van der Waals surface area contributed by atoms with Crippen LogP contribution in [0.2, 0.25) is 0 Å². The highest BCUT2D eigenvalue weighted by Gasteiger charge is 2.21. The lowest BCUT2D eigenvalue weighted by atomic mass is 10.0. The number of H-pyrrole nitrogens is 1. The number of ether oxygens (including phenoxy) is 1. The van der Waals surface area contributed by atoms with Gasteiger partial charge in [0, 0.05) is 12.0 Å². The van der Waals surface area contributed by atoms with E-state index in [1.807, 2.05) is 12.1 Å². The molecule has 0 saturated carbocycles. The van der Waals surface area contributed by atoms with Crippen LogP contribution in [0.1, 0.15) is 21.5 Å². The Morgan fingerprint density at radius 3 is 2.55 bits per heavy atom. The Morgan fingerprint density at radius 1 is 0.947 bits per heavy atom. The number of aromatic amines is 1. The SMILES string of the molecule is Nc1c(-c2nn[nH]n2)oc2c(C(=O)c3ccc(OCCc4ccc5ccccc5c4)cc3)cccc2c1=O. The van der Waals surface area contributed by atoms with Gasteiger partial charge in [-0.15, -0.1) is 10.2 Å². The second-order valence-corrected chi connectivity index (χ2v) is 8.73. The second-order valence-electron chi connectivity index (χ2n) is 8.73. The lowest BCUT2D eigenvalue weighted by Gasteiger charge is -2.09. The van der Waals surface area contributed by atoms with E-state index in [0.29, 0.717) is 17.9 Å². The fourth-order valence-corrected chi connectivity index (χ4v) is 4.37. The van der Waals surface area contributed by atoms with Crippen LogP contribution >= 0.6 is 0 Å². The van der Waals surface area contributed by atoms with Crippen LogP contribution in [0.4, 0.5) is 5.69 Å². The maximum atomic E-state index is 13.4. The Bertz CT molecular complexity index is 1840. The Balaban J connectivity index is 1.21. The highest BCUT2D eigenvalue weighted by Crippen LogP contribution is 2.28. The largest absolute Gasteiger partial charge is 0.493 e. The molecule has 6 aromatic rings. The minimum atomic E-state index is -0.476. The van der Waals surface area contributed by atoms with E-state index in [-0.39, 0.29) is 39.6 Å². The molecule has 38 heavy (non-hydrogen) atoms. The molecule has 0 bridgehead atoms. The minimum Gasteiger partial charge on any atom is -0.493 e. The number of aromatic nitrogens is 4. The zero-order valence-electron chi connectivity index (χ0n) is 20.0. The number of para-hydroxylation sites is 1. The fraction of sp³-hybridized carbons (Fsp3) is 0.0690. The third-order valence-corrected chi connectivity index (χ3v) is 6.34. The van der Waals surface area contributed by atoms with Crippen molar-refractivity contribution >= 4 is 33.2 Å². The summed E-state index contributed by atoms with van der Waals surface area (Å²) in [7, 11) is 0. The highest BCUT2D eigenvalue weighted by atomic mass is 16.5. The lowest BCUT2D eigenvalue weighted by molar-refractivity contribution is 0.103. The first-order valence-corrected chi connectivity index (χ1v) is 11.9. The van der Waals surface area contributed by atoms with Crippen LogP contribution < -0.4 is 15.9 Å². The van der Waals surface area contributed by atoms with Crippen molar-refractivity contribution in [2.24, 2.45) is 0 Å². The van der Waals surface area contributed by atoms with Crippen LogP contribution in [0, 0.1) is 0 Å². The van der Waals surface area contributed by atoms with E-state index in [1.54, 1.807) is 42.5 Å². The number of anilines is 1. The molecular formula is C29H21N5O4. The van der Waals surface area contributed by atoms with E-state index in [2.05, 4.69) is 51.0 Å². The van der Waals surface area contributed by atoms with Crippen LogP contribution in [-0.4, -0.2) is 33.0 Å². The number of rotatable bonds is 7. The van der Waals surface area contributed by atoms with Crippen molar-refractivity contribution in [1.29, 1.82) is 0 Å². The first-order chi connectivity index (χ1) is 18.6. The number of nitrogens with zero attached hydrogens (tertiary/aromatic N) is 3. The number of tetrazole rings is 1. The van der Waals surface area contributed by atoms with Gasteiger partial charge in [0.15, 0.2) is 5.78 Å². The molecule has 9 heteroatoms. The van der Waals surface area contributed by atoms with Gasteiger partial charge < -0.3 is 14.9 Å². The van der Waals surface area contributed by atoms with Crippen molar-refractivity contribution in [3.63, 3.8) is 0 Å². The molecule has 3 N–H and O–H groups in total. The summed E-state index contributed by atoms with van der Waals surface area (Å²) >= 11 is 0. The normalized spacial score (nSPS) is 11.2. The van der Waals surface area contributed by atoms with Gasteiger partial charge in [0.25, 0.3) is 0 Å². The Kier molecular flexibility index (Phi) is 5.85. The Hall–Kier alpha value is -5.31. The maximum Gasteiger partial charge on any atom is 0.242 e. The van der Waals surface area contributed by atoms with Crippen LogP contribution in [0.15, 0.2) is 94.1 Å². The number of nitrogen functional groups attached to an aromatic ring is 1. The average Bonchev–Trinajstić information content (AvgIpc) is 3.49. The van der Waals surface area contributed by atoms with Crippen LogP contribution in [0.25, 0.3) is 33.3 Å². The van der Waals surface area contributed by atoms with E-state index >= 15 is 0 Å². The number of hydrogen-bond acceptors (Lipinski definition) is 8. The zero-order chi connectivity index (χ0) is 26.1. The molecule has 0 aliphatic rings. The number of hydrogen-bond donors (Lipinski definition) is 2. The van der Waals surface area contributed by atoms with Crippen molar-refractivity contribution < 1.29 is 13.9 Å². The molecule has 0 aliphatic carbocycles. The molecule has 0 fully saturated rings. The molecule has 0 radical (unpaired) electrons. The molecule has 0 atom stereocenters. The minimum absolute atomic E-state index is 0.0222. The fourth-order valence-electron chi connectivity index (χ4n) is 4.37. The molecule has 0 aliphatic heterocycles. The molecule has 0 spiro atoms. The van der Waals surface area contributed by atoms with Crippen LogP contribution in [0.3, 0.4) is 0 Å². The molecule has 0 unspecified atom stereocenters.